The number of ketones is 1. The van der Waals surface area contributed by atoms with Gasteiger partial charge >= 0.3 is 0 Å². The summed E-state index contributed by atoms with van der Waals surface area (Å²) in [4.78, 5) is 27.7. The highest BCUT2D eigenvalue weighted by atomic mass is 35.5. The summed E-state index contributed by atoms with van der Waals surface area (Å²) >= 11 is 12.5. The van der Waals surface area contributed by atoms with E-state index < -0.39 is 23.7 Å². The molecule has 0 unspecified atom stereocenters. The molecule has 2 heterocycles. The maximum atomic E-state index is 13.4. The van der Waals surface area contributed by atoms with E-state index in [1.165, 1.54) is 17.0 Å². The van der Waals surface area contributed by atoms with Crippen molar-refractivity contribution in [3.8, 4) is 11.5 Å². The third-order valence-electron chi connectivity index (χ3n) is 5.87. The second-order valence-corrected chi connectivity index (χ2v) is 8.94. The summed E-state index contributed by atoms with van der Waals surface area (Å²) in [6.07, 6.45) is 2.51. The molecule has 0 radical (unpaired) electrons. The maximum absolute atomic E-state index is 13.4. The number of nitrogens with zero attached hydrogens (tertiary/aromatic N) is 1. The van der Waals surface area contributed by atoms with Gasteiger partial charge in [0.1, 0.15) is 0 Å². The van der Waals surface area contributed by atoms with Crippen molar-refractivity contribution in [2.24, 2.45) is 0 Å². The Kier molecular flexibility index (Phi) is 5.81. The number of hydrogen-bond acceptors (Lipinski definition) is 5. The van der Waals surface area contributed by atoms with E-state index in [9.17, 15) is 14.7 Å². The van der Waals surface area contributed by atoms with Crippen LogP contribution in [-0.4, -0.2) is 23.6 Å². The number of carbonyl (C=O) groups excluding carboxylic acids is 2. The molecule has 6 nitrogen and oxygen atoms in total. The number of hydrogen-bond donors (Lipinski definition) is 1. The molecule has 0 bridgehead atoms. The summed E-state index contributed by atoms with van der Waals surface area (Å²) in [5.74, 6) is 0.216. The molecule has 0 saturated carbocycles. The van der Waals surface area contributed by atoms with Crippen molar-refractivity contribution in [3.63, 3.8) is 0 Å². The van der Waals surface area contributed by atoms with E-state index in [1.54, 1.807) is 48.5 Å². The van der Waals surface area contributed by atoms with Gasteiger partial charge in [0.05, 0.1) is 18.7 Å². The van der Waals surface area contributed by atoms with Gasteiger partial charge in [-0.3, -0.25) is 9.59 Å². The molecule has 0 aromatic heterocycles. The molecule has 1 atom stereocenters. The van der Waals surface area contributed by atoms with Gasteiger partial charge in [0.2, 0.25) is 6.79 Å². The third kappa shape index (κ3) is 4.05. The Morgan fingerprint density at radius 1 is 1.06 bits per heavy atom. The van der Waals surface area contributed by atoms with Crippen molar-refractivity contribution in [1.82, 2.24) is 0 Å². The van der Waals surface area contributed by atoms with Crippen LogP contribution in [0.2, 0.25) is 10.0 Å². The first-order chi connectivity index (χ1) is 16.3. The van der Waals surface area contributed by atoms with E-state index in [4.69, 9.17) is 32.7 Å². The van der Waals surface area contributed by atoms with Crippen LogP contribution >= 0.6 is 23.2 Å². The number of allylic oxidation sites excluding steroid dienone is 1. The topological polar surface area (TPSA) is 76.1 Å². The largest absolute Gasteiger partial charge is 0.454 e. The molecule has 2 aliphatic heterocycles. The highest BCUT2D eigenvalue weighted by molar-refractivity contribution is 6.31. The van der Waals surface area contributed by atoms with Gasteiger partial charge in [0.15, 0.2) is 22.9 Å². The molecular weight excluding hydrogens is 477 g/mol. The molecule has 172 valence electrons. The molecule has 0 fully saturated rings. The molecule has 8 heteroatoms. The summed E-state index contributed by atoms with van der Waals surface area (Å²) < 4.78 is 10.6. The Morgan fingerprint density at radius 3 is 2.68 bits per heavy atom. The number of halogens is 2. The Balaban J connectivity index is 1.41. The van der Waals surface area contributed by atoms with E-state index in [-0.39, 0.29) is 13.3 Å². The second kappa shape index (κ2) is 8.80. The number of ether oxygens (including phenoxy) is 2. The van der Waals surface area contributed by atoms with Gasteiger partial charge < -0.3 is 19.5 Å². The van der Waals surface area contributed by atoms with Crippen LogP contribution in [0.5, 0.6) is 11.5 Å². The van der Waals surface area contributed by atoms with Crippen LogP contribution < -0.4 is 14.4 Å². The fourth-order valence-corrected chi connectivity index (χ4v) is 4.53. The molecule has 2 aliphatic rings. The monoisotopic (exact) mass is 495 g/mol. The van der Waals surface area contributed by atoms with Crippen LogP contribution in [0, 0.1) is 0 Å². The molecule has 34 heavy (non-hydrogen) atoms. The third-order valence-corrected chi connectivity index (χ3v) is 6.47. The van der Waals surface area contributed by atoms with Gasteiger partial charge in [-0.2, -0.15) is 0 Å². The SMILES string of the molecule is O=C(/C=C/c1ccc2c(c1)OCO2)C[C@@]1(O)C(=O)N(Cc2ccccc2Cl)c2ccc(Cl)cc21. The lowest BCUT2D eigenvalue weighted by Crippen LogP contribution is -2.41. The number of carbonyl (C=O) groups is 2. The van der Waals surface area contributed by atoms with Crippen LogP contribution in [0.25, 0.3) is 6.08 Å². The van der Waals surface area contributed by atoms with Crippen LogP contribution in [0.3, 0.4) is 0 Å². The highest BCUT2D eigenvalue weighted by Crippen LogP contribution is 2.45. The fraction of sp³-hybridized carbons (Fsp3) is 0.154. The van der Waals surface area contributed by atoms with Crippen molar-refractivity contribution < 1.29 is 24.2 Å². The molecule has 1 N–H and O–H groups in total. The zero-order valence-electron chi connectivity index (χ0n) is 17.8. The predicted octanol–water partition coefficient (Wildman–Crippen LogP) is 5.13. The molecular formula is C26H19Cl2NO5. The Hall–Kier alpha value is -3.32. The zero-order valence-corrected chi connectivity index (χ0v) is 19.3. The number of aliphatic hydroxyl groups is 1. The van der Waals surface area contributed by atoms with E-state index in [2.05, 4.69) is 0 Å². The average Bonchev–Trinajstić information content (AvgIpc) is 3.36. The Labute approximate surface area is 205 Å². The Morgan fingerprint density at radius 2 is 1.85 bits per heavy atom. The van der Waals surface area contributed by atoms with Crippen molar-refractivity contribution in [3.05, 3.63) is 93.5 Å². The molecule has 0 saturated heterocycles. The van der Waals surface area contributed by atoms with E-state index in [0.29, 0.717) is 32.8 Å². The minimum Gasteiger partial charge on any atom is -0.454 e. The van der Waals surface area contributed by atoms with Crippen LogP contribution in [0.15, 0.2) is 66.7 Å². The van der Waals surface area contributed by atoms with Crippen LogP contribution in [0.4, 0.5) is 5.69 Å². The number of amides is 1. The number of benzene rings is 3. The highest BCUT2D eigenvalue weighted by Gasteiger charge is 2.50. The van der Waals surface area contributed by atoms with E-state index in [0.717, 1.165) is 11.1 Å². The lowest BCUT2D eigenvalue weighted by Gasteiger charge is -2.22. The van der Waals surface area contributed by atoms with Gasteiger partial charge in [-0.25, -0.2) is 0 Å². The van der Waals surface area contributed by atoms with E-state index >= 15 is 0 Å². The lowest BCUT2D eigenvalue weighted by molar-refractivity contribution is -0.140. The molecule has 0 spiro atoms. The quantitative estimate of drug-likeness (QED) is 0.479. The smallest absolute Gasteiger partial charge is 0.264 e. The van der Waals surface area contributed by atoms with Gasteiger partial charge in [-0.1, -0.05) is 53.5 Å². The molecule has 0 aliphatic carbocycles. The van der Waals surface area contributed by atoms with Gasteiger partial charge in [0.25, 0.3) is 5.91 Å². The number of anilines is 1. The van der Waals surface area contributed by atoms with Gasteiger partial charge in [-0.05, 0) is 53.6 Å². The minimum absolute atomic E-state index is 0.149. The Bertz CT molecular complexity index is 1340. The number of rotatable bonds is 6. The lowest BCUT2D eigenvalue weighted by atomic mass is 9.89. The normalized spacial score (nSPS) is 18.6. The fourth-order valence-electron chi connectivity index (χ4n) is 4.16. The predicted molar refractivity (Wildman–Crippen MR) is 129 cm³/mol. The summed E-state index contributed by atoms with van der Waals surface area (Å²) in [6, 6.07) is 17.3. The molecule has 3 aromatic carbocycles. The van der Waals surface area contributed by atoms with Crippen LogP contribution in [-0.2, 0) is 21.7 Å². The standard InChI is InChI=1S/C26H19Cl2NO5/c27-18-7-9-22-20(12-18)26(32,25(31)29(22)14-17-3-1-2-4-21(17)28)13-19(30)8-5-16-6-10-23-24(11-16)34-15-33-23/h1-12,32H,13-15H2/b8-5+/t26-/m0/s1. The summed E-state index contributed by atoms with van der Waals surface area (Å²) in [5.41, 5.74) is 0.187. The maximum Gasteiger partial charge on any atom is 0.264 e. The molecule has 1 amide bonds. The van der Waals surface area contributed by atoms with Crippen LogP contribution in [0.1, 0.15) is 23.1 Å². The van der Waals surface area contributed by atoms with Crippen molar-refractivity contribution in [1.29, 1.82) is 0 Å². The van der Waals surface area contributed by atoms with Crippen molar-refractivity contribution in [2.45, 2.75) is 18.6 Å². The first-order valence-corrected chi connectivity index (χ1v) is 11.3. The van der Waals surface area contributed by atoms with Gasteiger partial charge in [0, 0.05) is 15.6 Å². The molecule has 3 aromatic rings. The average molecular weight is 496 g/mol. The first-order valence-electron chi connectivity index (χ1n) is 10.5. The van der Waals surface area contributed by atoms with Gasteiger partial charge in [-0.15, -0.1) is 0 Å². The zero-order chi connectivity index (χ0) is 23.9. The number of fused-ring (bicyclic) bond motifs is 2. The first kappa shape index (κ1) is 22.5. The van der Waals surface area contributed by atoms with Crippen molar-refractivity contribution >= 4 is 46.7 Å². The summed E-state index contributed by atoms with van der Waals surface area (Å²) in [6.45, 7) is 0.305. The second-order valence-electron chi connectivity index (χ2n) is 8.09. The summed E-state index contributed by atoms with van der Waals surface area (Å²) in [5, 5.41) is 12.3. The van der Waals surface area contributed by atoms with E-state index in [1.807, 2.05) is 12.1 Å². The van der Waals surface area contributed by atoms with Crippen molar-refractivity contribution in [2.75, 3.05) is 11.7 Å². The summed E-state index contributed by atoms with van der Waals surface area (Å²) in [7, 11) is 0. The molecule has 5 rings (SSSR count). The minimum atomic E-state index is -2.04.